The van der Waals surface area contributed by atoms with Crippen molar-refractivity contribution in [2.24, 2.45) is 0 Å². The highest BCUT2D eigenvalue weighted by atomic mass is 16.5. The van der Waals surface area contributed by atoms with Crippen LogP contribution in [0, 0.1) is 0 Å². The summed E-state index contributed by atoms with van der Waals surface area (Å²) in [6.45, 7) is 0.579. The van der Waals surface area contributed by atoms with E-state index >= 15 is 0 Å². The number of nitrogens with one attached hydrogen (secondary N) is 1. The largest absolute Gasteiger partial charge is 0.502 e. The predicted molar refractivity (Wildman–Crippen MR) is 198 cm³/mol. The number of aromatic amines is 1. The molecule has 3 aromatic carbocycles. The second-order valence-corrected chi connectivity index (χ2v) is 12.6. The van der Waals surface area contributed by atoms with E-state index in [1.807, 2.05) is 24.3 Å². The van der Waals surface area contributed by atoms with E-state index in [9.17, 15) is 19.5 Å². The molecule has 284 valence electrons. The molecule has 14 nitrogen and oxygen atoms in total. The van der Waals surface area contributed by atoms with Gasteiger partial charge in [-0.05, 0) is 71.6 Å². The number of aromatic nitrogens is 1. The molecule has 54 heavy (non-hydrogen) atoms. The summed E-state index contributed by atoms with van der Waals surface area (Å²) in [6.07, 6.45) is 0.203. The smallest absolute Gasteiger partial charge is 0.306 e. The number of benzene rings is 3. The van der Waals surface area contributed by atoms with Crippen LogP contribution in [0.1, 0.15) is 52.2 Å². The standard InChI is InChI=1S/C40H42N2O12/c1-47-24-8-9-29-22(12-24)13-28(40(46)41-29)27(19-35(44)52-6)38-37(45)30(43)17-25(54-38)20-42-11-10-21-14-31(48-2)32(49-3)18-26(21)36(42)23-15-33(50-4)39(53-7)34(16-23)51-5/h8-9,12-18,27,36,45H,10-11,19-20H2,1-7H3,(H,41,46)/t27-,36-/m0/s1. The zero-order valence-electron chi connectivity index (χ0n) is 31.1. The number of nitrogens with zero attached hydrogens (tertiary/aromatic N) is 1. The van der Waals surface area contributed by atoms with Gasteiger partial charge in [0.25, 0.3) is 5.56 Å². The first-order valence-corrected chi connectivity index (χ1v) is 17.0. The van der Waals surface area contributed by atoms with Crippen LogP contribution >= 0.6 is 0 Å². The van der Waals surface area contributed by atoms with Crippen LogP contribution < -0.4 is 39.4 Å². The Morgan fingerprint density at radius 1 is 0.852 bits per heavy atom. The SMILES string of the molecule is COC(=O)C[C@H](c1oc(CN2CCc3cc(OC)c(OC)cc3[C@@H]2c2cc(OC)c(OC)c(OC)c2)cc(=O)c1O)c1cc2cc(OC)ccc2[nH]c1=O. The summed E-state index contributed by atoms with van der Waals surface area (Å²) in [5.41, 5.74) is 2.03. The van der Waals surface area contributed by atoms with E-state index in [0.717, 1.165) is 16.7 Å². The van der Waals surface area contributed by atoms with Gasteiger partial charge >= 0.3 is 5.97 Å². The molecule has 6 rings (SSSR count). The van der Waals surface area contributed by atoms with Crippen molar-refractivity contribution >= 4 is 16.9 Å². The van der Waals surface area contributed by atoms with Crippen molar-refractivity contribution in [1.29, 1.82) is 0 Å². The van der Waals surface area contributed by atoms with Gasteiger partial charge in [-0.1, -0.05) is 0 Å². The molecule has 1 aliphatic heterocycles. The van der Waals surface area contributed by atoms with Crippen LogP contribution in [0.25, 0.3) is 10.9 Å². The van der Waals surface area contributed by atoms with Gasteiger partial charge in [-0.2, -0.15) is 0 Å². The Morgan fingerprint density at radius 2 is 1.54 bits per heavy atom. The summed E-state index contributed by atoms with van der Waals surface area (Å²) in [5, 5.41) is 11.8. The quantitative estimate of drug-likeness (QED) is 0.153. The maximum atomic E-state index is 13.5. The highest BCUT2D eigenvalue weighted by Crippen LogP contribution is 2.46. The number of carbonyl (C=O) groups excluding carboxylic acids is 1. The van der Waals surface area contributed by atoms with Crippen molar-refractivity contribution in [3.8, 4) is 40.2 Å². The van der Waals surface area contributed by atoms with Gasteiger partial charge in [0, 0.05) is 29.1 Å². The molecular formula is C40H42N2O12. The maximum Gasteiger partial charge on any atom is 0.306 e. The van der Waals surface area contributed by atoms with Crippen molar-refractivity contribution in [3.63, 3.8) is 0 Å². The van der Waals surface area contributed by atoms with E-state index in [2.05, 4.69) is 9.88 Å². The van der Waals surface area contributed by atoms with E-state index in [-0.39, 0.29) is 23.6 Å². The number of esters is 1. The molecule has 2 atom stereocenters. The summed E-state index contributed by atoms with van der Waals surface area (Å²) >= 11 is 0. The van der Waals surface area contributed by atoms with Gasteiger partial charge in [-0.3, -0.25) is 19.3 Å². The predicted octanol–water partition coefficient (Wildman–Crippen LogP) is 5.08. The molecule has 14 heteroatoms. The lowest BCUT2D eigenvalue weighted by atomic mass is 9.87. The minimum absolute atomic E-state index is 0.0772. The van der Waals surface area contributed by atoms with Crippen molar-refractivity contribution in [1.82, 2.24) is 9.88 Å². The Hall–Kier alpha value is -6.15. The average molecular weight is 743 g/mol. The number of pyridine rings is 1. The number of carbonyl (C=O) groups is 1. The Kier molecular flexibility index (Phi) is 11.0. The Morgan fingerprint density at radius 3 is 2.17 bits per heavy atom. The van der Waals surface area contributed by atoms with Crippen LogP contribution in [-0.4, -0.2) is 77.3 Å². The number of fused-ring (bicyclic) bond motifs is 2. The highest BCUT2D eigenvalue weighted by Gasteiger charge is 2.34. The van der Waals surface area contributed by atoms with E-state index in [1.165, 1.54) is 41.6 Å². The second kappa shape index (κ2) is 15.8. The number of ether oxygens (including phenoxy) is 7. The molecule has 0 bridgehead atoms. The molecule has 0 spiro atoms. The number of H-pyrrole nitrogens is 1. The molecule has 2 N–H and O–H groups in total. The molecule has 0 fully saturated rings. The van der Waals surface area contributed by atoms with Gasteiger partial charge in [-0.25, -0.2) is 0 Å². The lowest BCUT2D eigenvalue weighted by molar-refractivity contribution is -0.140. The Labute approximate surface area is 310 Å². The van der Waals surface area contributed by atoms with E-state index in [4.69, 9.17) is 37.6 Å². The molecule has 3 heterocycles. The van der Waals surface area contributed by atoms with E-state index in [1.54, 1.807) is 38.5 Å². The fraction of sp³-hybridized carbons (Fsp3) is 0.325. The molecule has 0 aliphatic carbocycles. The summed E-state index contributed by atoms with van der Waals surface area (Å²) in [6, 6.07) is 15.0. The third kappa shape index (κ3) is 7.12. The van der Waals surface area contributed by atoms with Crippen molar-refractivity contribution in [2.45, 2.75) is 31.3 Å². The molecule has 0 amide bonds. The van der Waals surface area contributed by atoms with Crippen molar-refractivity contribution in [2.75, 3.05) is 56.3 Å². The molecule has 0 unspecified atom stereocenters. The molecule has 5 aromatic rings. The summed E-state index contributed by atoms with van der Waals surface area (Å²) in [5.74, 6) is 0.314. The minimum atomic E-state index is -1.19. The van der Waals surface area contributed by atoms with Crippen LogP contribution in [0.3, 0.4) is 0 Å². The van der Waals surface area contributed by atoms with E-state index < -0.39 is 41.1 Å². The van der Waals surface area contributed by atoms with Gasteiger partial charge in [0.1, 0.15) is 11.5 Å². The van der Waals surface area contributed by atoms with Crippen LogP contribution in [0.5, 0.6) is 40.2 Å². The molecule has 2 aromatic heterocycles. The average Bonchev–Trinajstić information content (AvgIpc) is 3.19. The lowest BCUT2D eigenvalue weighted by Gasteiger charge is -2.38. The van der Waals surface area contributed by atoms with Gasteiger partial charge < -0.3 is 47.7 Å². The lowest BCUT2D eigenvalue weighted by Crippen LogP contribution is -2.36. The summed E-state index contributed by atoms with van der Waals surface area (Å²) in [4.78, 5) is 44.7. The molecule has 0 saturated heterocycles. The number of rotatable bonds is 13. The second-order valence-electron chi connectivity index (χ2n) is 12.6. The fourth-order valence-corrected chi connectivity index (χ4v) is 7.07. The summed E-state index contributed by atoms with van der Waals surface area (Å²) < 4.78 is 45.0. The first-order valence-electron chi connectivity index (χ1n) is 17.0. The fourth-order valence-electron chi connectivity index (χ4n) is 7.07. The zero-order chi connectivity index (χ0) is 38.7. The van der Waals surface area contributed by atoms with Crippen LogP contribution in [0.2, 0.25) is 0 Å². The normalized spacial score (nSPS) is 14.5. The monoisotopic (exact) mass is 742 g/mol. The van der Waals surface area contributed by atoms with E-state index in [0.29, 0.717) is 58.4 Å². The molecular weight excluding hydrogens is 700 g/mol. The van der Waals surface area contributed by atoms with Gasteiger partial charge in [-0.15, -0.1) is 0 Å². The zero-order valence-corrected chi connectivity index (χ0v) is 31.1. The molecule has 0 saturated carbocycles. The number of hydrogen-bond acceptors (Lipinski definition) is 13. The van der Waals surface area contributed by atoms with Gasteiger partial charge in [0.15, 0.2) is 28.8 Å². The molecule has 1 aliphatic rings. The van der Waals surface area contributed by atoms with Crippen molar-refractivity contribution in [3.05, 3.63) is 109 Å². The Balaban J connectivity index is 1.50. The number of methoxy groups -OCH3 is 7. The van der Waals surface area contributed by atoms with Crippen molar-refractivity contribution < 1.29 is 47.5 Å². The van der Waals surface area contributed by atoms with Gasteiger partial charge in [0.2, 0.25) is 16.9 Å². The highest BCUT2D eigenvalue weighted by molar-refractivity contribution is 5.81. The van der Waals surface area contributed by atoms with Crippen LogP contribution in [0.15, 0.2) is 68.6 Å². The van der Waals surface area contributed by atoms with Gasteiger partial charge in [0.05, 0.1) is 74.7 Å². The van der Waals surface area contributed by atoms with Crippen LogP contribution in [0.4, 0.5) is 0 Å². The topological polar surface area (TPSA) is 168 Å². The minimum Gasteiger partial charge on any atom is -0.502 e. The van der Waals surface area contributed by atoms with Crippen LogP contribution in [-0.2, 0) is 22.5 Å². The first-order chi connectivity index (χ1) is 26.1. The first kappa shape index (κ1) is 37.6. The summed E-state index contributed by atoms with van der Waals surface area (Å²) in [7, 11) is 10.5. The Bertz CT molecular complexity index is 2290. The number of aromatic hydroxyl groups is 1. The number of hydrogen-bond donors (Lipinski definition) is 2. The third-order valence-electron chi connectivity index (χ3n) is 9.71. The molecule has 0 radical (unpaired) electrons. The maximum absolute atomic E-state index is 13.5. The third-order valence-corrected chi connectivity index (χ3v) is 9.71.